The predicted molar refractivity (Wildman–Crippen MR) is 148 cm³/mol. The van der Waals surface area contributed by atoms with E-state index in [0.717, 1.165) is 78.5 Å². The van der Waals surface area contributed by atoms with Crippen LogP contribution in [0.2, 0.25) is 0 Å². The number of pyridine rings is 1. The first-order valence-electron chi connectivity index (χ1n) is 13.1. The SMILES string of the molecule is Cc1cc(C)c(C(=O)N2CCN(c3ccccn3)CC2)cc1NC1CCN(c2ccccc2C#N)CC1. The van der Waals surface area contributed by atoms with E-state index in [0.29, 0.717) is 19.1 Å². The van der Waals surface area contributed by atoms with Gasteiger partial charge in [0.05, 0.1) is 11.3 Å². The van der Waals surface area contributed by atoms with E-state index in [9.17, 15) is 10.1 Å². The number of para-hydroxylation sites is 1. The summed E-state index contributed by atoms with van der Waals surface area (Å²) in [5.74, 6) is 1.07. The summed E-state index contributed by atoms with van der Waals surface area (Å²) in [7, 11) is 0. The van der Waals surface area contributed by atoms with Crippen molar-refractivity contribution in [2.45, 2.75) is 32.7 Å². The molecule has 0 saturated carbocycles. The van der Waals surface area contributed by atoms with Crippen molar-refractivity contribution in [3.8, 4) is 6.07 Å². The minimum absolute atomic E-state index is 0.101. The monoisotopic (exact) mass is 494 g/mol. The molecule has 7 heteroatoms. The van der Waals surface area contributed by atoms with Crippen molar-refractivity contribution in [1.82, 2.24) is 9.88 Å². The number of aryl methyl sites for hydroxylation is 2. The third-order valence-corrected chi connectivity index (χ3v) is 7.56. The first-order chi connectivity index (χ1) is 18.0. The van der Waals surface area contributed by atoms with Gasteiger partial charge in [0, 0.05) is 62.8 Å². The maximum absolute atomic E-state index is 13.5. The number of piperazine rings is 1. The van der Waals surface area contributed by atoms with Crippen LogP contribution in [-0.2, 0) is 0 Å². The highest BCUT2D eigenvalue weighted by Crippen LogP contribution is 2.28. The third-order valence-electron chi connectivity index (χ3n) is 7.56. The largest absolute Gasteiger partial charge is 0.382 e. The van der Waals surface area contributed by atoms with Gasteiger partial charge in [-0.25, -0.2) is 4.98 Å². The first-order valence-corrected chi connectivity index (χ1v) is 13.1. The number of piperidine rings is 1. The second kappa shape index (κ2) is 10.9. The summed E-state index contributed by atoms with van der Waals surface area (Å²) in [5, 5.41) is 13.2. The maximum atomic E-state index is 13.5. The fourth-order valence-electron chi connectivity index (χ4n) is 5.42. The first kappa shape index (κ1) is 24.6. The van der Waals surface area contributed by atoms with E-state index in [4.69, 9.17) is 0 Å². The van der Waals surface area contributed by atoms with E-state index in [1.807, 2.05) is 60.5 Å². The molecule has 7 nitrogen and oxygen atoms in total. The number of hydrogen-bond donors (Lipinski definition) is 1. The average molecular weight is 495 g/mol. The Bertz CT molecular complexity index is 1290. The van der Waals surface area contributed by atoms with Gasteiger partial charge in [-0.2, -0.15) is 5.26 Å². The third kappa shape index (κ3) is 5.39. The average Bonchev–Trinajstić information content (AvgIpc) is 2.95. The van der Waals surface area contributed by atoms with Gasteiger partial charge in [-0.1, -0.05) is 24.3 Å². The minimum Gasteiger partial charge on any atom is -0.382 e. The van der Waals surface area contributed by atoms with Crippen LogP contribution in [0.25, 0.3) is 0 Å². The zero-order valence-electron chi connectivity index (χ0n) is 21.7. The quantitative estimate of drug-likeness (QED) is 0.558. The van der Waals surface area contributed by atoms with Gasteiger partial charge in [0.25, 0.3) is 5.91 Å². The number of nitrogens with zero attached hydrogens (tertiary/aromatic N) is 5. The molecule has 2 aliphatic rings. The second-order valence-electron chi connectivity index (χ2n) is 9.98. The van der Waals surface area contributed by atoms with Gasteiger partial charge in [-0.05, 0) is 68.1 Å². The summed E-state index contributed by atoms with van der Waals surface area (Å²) in [6.45, 7) is 8.87. The van der Waals surface area contributed by atoms with Crippen LogP contribution in [-0.4, -0.2) is 61.1 Å². The molecule has 190 valence electrons. The van der Waals surface area contributed by atoms with Crippen molar-refractivity contribution in [3.05, 3.63) is 83.0 Å². The molecule has 0 unspecified atom stereocenters. The van der Waals surface area contributed by atoms with Crippen molar-refractivity contribution >= 4 is 23.1 Å². The molecule has 3 heterocycles. The number of carbonyl (C=O) groups is 1. The summed E-state index contributed by atoms with van der Waals surface area (Å²) in [6.07, 6.45) is 3.77. The number of hydrogen-bond acceptors (Lipinski definition) is 6. The molecule has 0 aliphatic carbocycles. The maximum Gasteiger partial charge on any atom is 0.254 e. The Morgan fingerprint density at radius 1 is 0.919 bits per heavy atom. The van der Waals surface area contributed by atoms with Crippen molar-refractivity contribution in [2.75, 3.05) is 54.4 Å². The van der Waals surface area contributed by atoms with Gasteiger partial charge in [-0.15, -0.1) is 0 Å². The minimum atomic E-state index is 0.101. The summed E-state index contributed by atoms with van der Waals surface area (Å²) < 4.78 is 0. The summed E-state index contributed by atoms with van der Waals surface area (Å²) in [5.41, 5.74) is 5.74. The molecule has 37 heavy (non-hydrogen) atoms. The van der Waals surface area contributed by atoms with Gasteiger partial charge in [0.2, 0.25) is 0 Å². The number of benzene rings is 2. The Morgan fingerprint density at radius 3 is 2.35 bits per heavy atom. The highest BCUT2D eigenvalue weighted by Gasteiger charge is 2.26. The lowest BCUT2D eigenvalue weighted by Gasteiger charge is -2.36. The van der Waals surface area contributed by atoms with Crippen molar-refractivity contribution in [1.29, 1.82) is 5.26 Å². The Labute approximate surface area is 219 Å². The molecule has 1 N–H and O–H groups in total. The van der Waals surface area contributed by atoms with E-state index in [2.05, 4.69) is 45.2 Å². The Kier molecular flexibility index (Phi) is 7.27. The highest BCUT2D eigenvalue weighted by molar-refractivity contribution is 5.97. The molecule has 5 rings (SSSR count). The molecule has 0 atom stereocenters. The van der Waals surface area contributed by atoms with Crippen molar-refractivity contribution in [3.63, 3.8) is 0 Å². The summed E-state index contributed by atoms with van der Waals surface area (Å²) >= 11 is 0. The molecule has 2 fully saturated rings. The van der Waals surface area contributed by atoms with Crippen LogP contribution in [0.4, 0.5) is 17.2 Å². The van der Waals surface area contributed by atoms with Gasteiger partial charge in [0.15, 0.2) is 0 Å². The van der Waals surface area contributed by atoms with E-state index < -0.39 is 0 Å². The zero-order chi connectivity index (χ0) is 25.8. The van der Waals surface area contributed by atoms with Crippen LogP contribution < -0.4 is 15.1 Å². The van der Waals surface area contributed by atoms with Gasteiger partial charge in [-0.3, -0.25) is 4.79 Å². The predicted octanol–water partition coefficient (Wildman–Crippen LogP) is 4.61. The molecule has 1 amide bonds. The van der Waals surface area contributed by atoms with E-state index in [-0.39, 0.29) is 5.91 Å². The Morgan fingerprint density at radius 2 is 1.65 bits per heavy atom. The molecule has 0 radical (unpaired) electrons. The van der Waals surface area contributed by atoms with E-state index >= 15 is 0 Å². The number of anilines is 3. The molecule has 2 saturated heterocycles. The van der Waals surface area contributed by atoms with Crippen LogP contribution in [0.5, 0.6) is 0 Å². The van der Waals surface area contributed by atoms with Crippen molar-refractivity contribution < 1.29 is 4.79 Å². The van der Waals surface area contributed by atoms with Crippen LogP contribution >= 0.6 is 0 Å². The normalized spacial score (nSPS) is 16.4. The van der Waals surface area contributed by atoms with Gasteiger partial charge in [0.1, 0.15) is 11.9 Å². The summed E-state index contributed by atoms with van der Waals surface area (Å²) in [4.78, 5) is 24.5. The van der Waals surface area contributed by atoms with Crippen LogP contribution in [0.15, 0.2) is 60.8 Å². The number of aromatic nitrogens is 1. The molecule has 0 bridgehead atoms. The summed E-state index contributed by atoms with van der Waals surface area (Å²) in [6, 6.07) is 20.6. The molecule has 2 aliphatic heterocycles. The second-order valence-corrected chi connectivity index (χ2v) is 9.98. The highest BCUT2D eigenvalue weighted by atomic mass is 16.2. The lowest BCUT2D eigenvalue weighted by atomic mass is 9.99. The molecule has 0 spiro atoms. The molecule has 3 aromatic rings. The smallest absolute Gasteiger partial charge is 0.254 e. The lowest BCUT2D eigenvalue weighted by molar-refractivity contribution is 0.0746. The van der Waals surface area contributed by atoms with Crippen LogP contribution in [0.3, 0.4) is 0 Å². The lowest BCUT2D eigenvalue weighted by Crippen LogP contribution is -2.49. The molecular weight excluding hydrogens is 460 g/mol. The Hall–Kier alpha value is -4.05. The number of nitriles is 1. The number of nitrogens with one attached hydrogen (secondary N) is 1. The topological polar surface area (TPSA) is 75.5 Å². The van der Waals surface area contributed by atoms with Crippen molar-refractivity contribution in [2.24, 2.45) is 0 Å². The van der Waals surface area contributed by atoms with Crippen LogP contribution in [0, 0.1) is 25.2 Å². The fraction of sp³-hybridized carbons (Fsp3) is 0.367. The zero-order valence-corrected chi connectivity index (χ0v) is 21.7. The molecule has 1 aromatic heterocycles. The number of carbonyl (C=O) groups excluding carboxylic acids is 1. The molecule has 2 aromatic carbocycles. The standard InChI is InChI=1S/C30H34N6O/c1-22-19-23(2)27(33-25-10-13-34(14-11-25)28-8-4-3-7-24(28)21-31)20-26(22)30(37)36-17-15-35(16-18-36)29-9-5-6-12-32-29/h3-9,12,19-20,25,33H,10-11,13-18H2,1-2H3. The van der Waals surface area contributed by atoms with Gasteiger partial charge < -0.3 is 20.0 Å². The van der Waals surface area contributed by atoms with Gasteiger partial charge >= 0.3 is 0 Å². The van der Waals surface area contributed by atoms with E-state index in [1.165, 1.54) is 0 Å². The van der Waals surface area contributed by atoms with Crippen LogP contribution in [0.1, 0.15) is 39.9 Å². The Balaban J connectivity index is 1.22. The number of rotatable bonds is 5. The fourth-order valence-corrected chi connectivity index (χ4v) is 5.42. The molecular formula is C30H34N6O. The number of amides is 1. The van der Waals surface area contributed by atoms with E-state index in [1.54, 1.807) is 0 Å².